The van der Waals surface area contributed by atoms with Gasteiger partial charge in [0, 0.05) is 18.8 Å². The van der Waals surface area contributed by atoms with Crippen molar-refractivity contribution in [3.05, 3.63) is 36.6 Å². The zero-order valence-electron chi connectivity index (χ0n) is 7.25. The molecule has 11 heavy (non-hydrogen) atoms. The molecule has 1 aliphatic heterocycles. The first-order chi connectivity index (χ1) is 5.24. The molecule has 0 N–H and O–H groups in total. The molecule has 0 unspecified atom stereocenters. The van der Waals surface area contributed by atoms with Crippen LogP contribution in [0.3, 0.4) is 0 Å². The SMILES string of the molecule is C=CC1=CN(C(C)C)CC=C1. The molecule has 0 fully saturated rings. The Labute approximate surface area is 68.7 Å². The predicted molar refractivity (Wildman–Crippen MR) is 49.3 cm³/mol. The highest BCUT2D eigenvalue weighted by atomic mass is 15.1. The van der Waals surface area contributed by atoms with E-state index in [9.17, 15) is 0 Å². The zero-order valence-corrected chi connectivity index (χ0v) is 7.25. The van der Waals surface area contributed by atoms with E-state index in [4.69, 9.17) is 0 Å². The molecule has 0 spiro atoms. The Morgan fingerprint density at radius 1 is 1.64 bits per heavy atom. The minimum atomic E-state index is 0.579. The van der Waals surface area contributed by atoms with E-state index in [1.54, 1.807) is 0 Å². The maximum atomic E-state index is 3.73. The molecule has 0 radical (unpaired) electrons. The smallest absolute Gasteiger partial charge is 0.0360 e. The molecule has 0 aromatic heterocycles. The molecule has 1 rings (SSSR count). The summed E-state index contributed by atoms with van der Waals surface area (Å²) in [6, 6.07) is 0.579. The molecular formula is C10H15N. The standard InChI is InChI=1S/C10H15N/c1-4-10-6-5-7-11(8-10)9(2)3/h4-6,8-9H,1,7H2,2-3H3. The van der Waals surface area contributed by atoms with Gasteiger partial charge in [0.2, 0.25) is 0 Å². The minimum Gasteiger partial charge on any atom is -0.371 e. The van der Waals surface area contributed by atoms with Crippen LogP contribution in [-0.4, -0.2) is 17.5 Å². The second kappa shape index (κ2) is 3.42. The average Bonchev–Trinajstić information content (AvgIpc) is 2.05. The summed E-state index contributed by atoms with van der Waals surface area (Å²) >= 11 is 0. The quantitative estimate of drug-likeness (QED) is 0.582. The van der Waals surface area contributed by atoms with E-state index in [1.165, 1.54) is 5.57 Å². The second-order valence-electron chi connectivity index (χ2n) is 3.03. The maximum absolute atomic E-state index is 3.73. The van der Waals surface area contributed by atoms with Crippen molar-refractivity contribution < 1.29 is 0 Å². The van der Waals surface area contributed by atoms with Crippen LogP contribution in [0.5, 0.6) is 0 Å². The fraction of sp³-hybridized carbons (Fsp3) is 0.400. The second-order valence-corrected chi connectivity index (χ2v) is 3.03. The van der Waals surface area contributed by atoms with Crippen LogP contribution in [0.4, 0.5) is 0 Å². The normalized spacial score (nSPS) is 17.0. The lowest BCUT2D eigenvalue weighted by Crippen LogP contribution is -2.27. The molecule has 1 heteroatoms. The van der Waals surface area contributed by atoms with Crippen LogP contribution in [0.1, 0.15) is 13.8 Å². The third kappa shape index (κ3) is 1.97. The Hall–Kier alpha value is -0.980. The van der Waals surface area contributed by atoms with Crippen molar-refractivity contribution in [3.8, 4) is 0 Å². The van der Waals surface area contributed by atoms with Gasteiger partial charge in [0.25, 0.3) is 0 Å². The van der Waals surface area contributed by atoms with Crippen molar-refractivity contribution in [2.24, 2.45) is 0 Å². The summed E-state index contributed by atoms with van der Waals surface area (Å²) in [7, 11) is 0. The first kappa shape index (κ1) is 8.12. The third-order valence-corrected chi connectivity index (χ3v) is 1.84. The van der Waals surface area contributed by atoms with Crippen LogP contribution >= 0.6 is 0 Å². The van der Waals surface area contributed by atoms with Crippen molar-refractivity contribution in [2.45, 2.75) is 19.9 Å². The molecule has 60 valence electrons. The van der Waals surface area contributed by atoms with E-state index in [0.29, 0.717) is 6.04 Å². The van der Waals surface area contributed by atoms with E-state index in [-0.39, 0.29) is 0 Å². The number of hydrogen-bond donors (Lipinski definition) is 0. The lowest BCUT2D eigenvalue weighted by atomic mass is 10.2. The summed E-state index contributed by atoms with van der Waals surface area (Å²) in [5, 5.41) is 0. The molecule has 1 aliphatic rings. The number of rotatable bonds is 2. The Balaban J connectivity index is 2.68. The van der Waals surface area contributed by atoms with Gasteiger partial charge in [-0.25, -0.2) is 0 Å². The first-order valence-corrected chi connectivity index (χ1v) is 4.00. The fourth-order valence-electron chi connectivity index (χ4n) is 1.08. The number of hydrogen-bond acceptors (Lipinski definition) is 1. The van der Waals surface area contributed by atoms with Gasteiger partial charge in [-0.2, -0.15) is 0 Å². The first-order valence-electron chi connectivity index (χ1n) is 4.00. The topological polar surface area (TPSA) is 3.24 Å². The Bertz CT molecular complexity index is 199. The van der Waals surface area contributed by atoms with Crippen molar-refractivity contribution in [2.75, 3.05) is 6.54 Å². The fourth-order valence-corrected chi connectivity index (χ4v) is 1.08. The molecule has 1 heterocycles. The Kier molecular flexibility index (Phi) is 2.53. The minimum absolute atomic E-state index is 0.579. The summed E-state index contributed by atoms with van der Waals surface area (Å²) in [6.45, 7) is 9.14. The Morgan fingerprint density at radius 2 is 2.36 bits per heavy atom. The molecule has 0 saturated carbocycles. The van der Waals surface area contributed by atoms with Crippen molar-refractivity contribution in [1.82, 2.24) is 4.90 Å². The third-order valence-electron chi connectivity index (χ3n) is 1.84. The van der Waals surface area contributed by atoms with E-state index < -0.39 is 0 Å². The van der Waals surface area contributed by atoms with Gasteiger partial charge in [-0.3, -0.25) is 0 Å². The summed E-state index contributed by atoms with van der Waals surface area (Å²) in [5.74, 6) is 0. The lowest BCUT2D eigenvalue weighted by Gasteiger charge is -2.26. The van der Waals surface area contributed by atoms with Gasteiger partial charge in [0.1, 0.15) is 0 Å². The zero-order chi connectivity index (χ0) is 8.27. The van der Waals surface area contributed by atoms with Gasteiger partial charge in [-0.1, -0.05) is 24.8 Å². The number of nitrogens with zero attached hydrogens (tertiary/aromatic N) is 1. The van der Waals surface area contributed by atoms with Gasteiger partial charge in [-0.05, 0) is 19.4 Å². The monoisotopic (exact) mass is 149 g/mol. The summed E-state index contributed by atoms with van der Waals surface area (Å²) in [5.41, 5.74) is 1.20. The van der Waals surface area contributed by atoms with Crippen LogP contribution in [0.25, 0.3) is 0 Å². The average molecular weight is 149 g/mol. The van der Waals surface area contributed by atoms with Crippen LogP contribution in [-0.2, 0) is 0 Å². The van der Waals surface area contributed by atoms with Gasteiger partial charge >= 0.3 is 0 Å². The van der Waals surface area contributed by atoms with Crippen LogP contribution in [0.2, 0.25) is 0 Å². The molecular weight excluding hydrogens is 134 g/mol. The van der Waals surface area contributed by atoms with Crippen LogP contribution in [0.15, 0.2) is 36.6 Å². The van der Waals surface area contributed by atoms with E-state index >= 15 is 0 Å². The molecule has 0 aromatic rings. The summed E-state index contributed by atoms with van der Waals surface area (Å²) < 4.78 is 0. The van der Waals surface area contributed by atoms with Crippen molar-refractivity contribution in [1.29, 1.82) is 0 Å². The van der Waals surface area contributed by atoms with Gasteiger partial charge < -0.3 is 4.90 Å². The number of allylic oxidation sites excluding steroid dienone is 3. The summed E-state index contributed by atoms with van der Waals surface area (Å²) in [6.07, 6.45) is 8.30. The molecule has 0 amide bonds. The Morgan fingerprint density at radius 3 is 2.91 bits per heavy atom. The van der Waals surface area contributed by atoms with E-state index in [2.05, 4.69) is 43.7 Å². The van der Waals surface area contributed by atoms with Crippen LogP contribution < -0.4 is 0 Å². The van der Waals surface area contributed by atoms with Crippen molar-refractivity contribution in [3.63, 3.8) is 0 Å². The van der Waals surface area contributed by atoms with E-state index in [0.717, 1.165) is 6.54 Å². The van der Waals surface area contributed by atoms with Crippen molar-refractivity contribution >= 4 is 0 Å². The largest absolute Gasteiger partial charge is 0.371 e. The van der Waals surface area contributed by atoms with E-state index in [1.807, 2.05) is 6.08 Å². The van der Waals surface area contributed by atoms with Gasteiger partial charge in [0.15, 0.2) is 0 Å². The van der Waals surface area contributed by atoms with Gasteiger partial charge in [0.05, 0.1) is 0 Å². The highest BCUT2D eigenvalue weighted by Crippen LogP contribution is 2.10. The molecule has 0 bridgehead atoms. The molecule has 0 atom stereocenters. The molecule has 1 nitrogen and oxygen atoms in total. The lowest BCUT2D eigenvalue weighted by molar-refractivity contribution is 0.338. The highest BCUT2D eigenvalue weighted by Gasteiger charge is 2.05. The molecule has 0 aliphatic carbocycles. The maximum Gasteiger partial charge on any atom is 0.0360 e. The molecule has 0 saturated heterocycles. The predicted octanol–water partition coefficient (Wildman–Crippen LogP) is 2.34. The highest BCUT2D eigenvalue weighted by molar-refractivity contribution is 5.31. The van der Waals surface area contributed by atoms with Crippen LogP contribution in [0, 0.1) is 0 Å². The van der Waals surface area contributed by atoms with Gasteiger partial charge in [-0.15, -0.1) is 0 Å². The molecule has 0 aromatic carbocycles. The summed E-state index contributed by atoms with van der Waals surface area (Å²) in [4.78, 5) is 2.29.